The smallest absolute Gasteiger partial charge is 0.113 e. The minimum absolute atomic E-state index is 0.729. The van der Waals surface area contributed by atoms with Gasteiger partial charge >= 0.3 is 0 Å². The Labute approximate surface area is 106 Å². The van der Waals surface area contributed by atoms with Crippen LogP contribution < -0.4 is 5.32 Å². The van der Waals surface area contributed by atoms with Crippen molar-refractivity contribution in [3.8, 4) is 5.69 Å². The molecule has 2 rings (SSSR count). The van der Waals surface area contributed by atoms with Crippen LogP contribution in [0.1, 0.15) is 18.4 Å². The molecule has 0 aliphatic heterocycles. The molecule has 0 aliphatic rings. The van der Waals surface area contributed by atoms with Crippen LogP contribution in [0, 0.1) is 6.92 Å². The van der Waals surface area contributed by atoms with E-state index in [1.807, 2.05) is 38.4 Å². The maximum Gasteiger partial charge on any atom is 0.113 e. The zero-order chi connectivity index (χ0) is 12.4. The number of nitrogens with one attached hydrogen (secondary N) is 1. The number of aryl methyl sites for hydroxylation is 2. The summed E-state index contributed by atoms with van der Waals surface area (Å²) in [5.74, 6) is 1.04. The Bertz CT molecular complexity index is 531. The Balaban J connectivity index is 2.61. The van der Waals surface area contributed by atoms with Gasteiger partial charge in [-0.15, -0.1) is 0 Å². The topological polar surface area (TPSA) is 29.9 Å². The van der Waals surface area contributed by atoms with Crippen LogP contribution in [0.2, 0.25) is 5.02 Å². The molecule has 1 N–H and O–H groups in total. The van der Waals surface area contributed by atoms with E-state index in [0.29, 0.717) is 0 Å². The highest BCUT2D eigenvalue weighted by Gasteiger charge is 2.09. The quantitative estimate of drug-likeness (QED) is 0.903. The summed E-state index contributed by atoms with van der Waals surface area (Å²) in [6, 6.07) is 5.81. The fraction of sp³-hybridized carbons (Fsp3) is 0.308. The average Bonchev–Trinajstić information content (AvgIpc) is 2.70. The van der Waals surface area contributed by atoms with E-state index >= 15 is 0 Å². The Kier molecular flexibility index (Phi) is 3.38. The number of nitrogens with zero attached hydrogens (tertiary/aromatic N) is 2. The van der Waals surface area contributed by atoms with E-state index in [2.05, 4.69) is 21.8 Å². The van der Waals surface area contributed by atoms with E-state index in [9.17, 15) is 0 Å². The minimum atomic E-state index is 0.729. The Morgan fingerprint density at radius 2 is 2.18 bits per heavy atom. The van der Waals surface area contributed by atoms with Gasteiger partial charge in [-0.25, -0.2) is 4.98 Å². The average molecular weight is 250 g/mol. The molecule has 1 aromatic carbocycles. The molecule has 0 radical (unpaired) electrons. The molecular formula is C13H16ClN3. The molecule has 0 fully saturated rings. The summed E-state index contributed by atoms with van der Waals surface area (Å²) in [5, 5.41) is 3.90. The second kappa shape index (κ2) is 4.80. The molecule has 0 aliphatic carbocycles. The molecular weight excluding hydrogens is 234 g/mol. The van der Waals surface area contributed by atoms with Gasteiger partial charge in [-0.2, -0.15) is 0 Å². The highest BCUT2D eigenvalue weighted by Crippen LogP contribution is 2.25. The van der Waals surface area contributed by atoms with E-state index < -0.39 is 0 Å². The normalized spacial score (nSPS) is 10.6. The first-order chi connectivity index (χ1) is 8.15. The molecule has 0 amide bonds. The zero-order valence-corrected chi connectivity index (χ0v) is 11.0. The number of rotatable bonds is 3. The summed E-state index contributed by atoms with van der Waals surface area (Å²) in [6.07, 6.45) is 2.93. The van der Waals surface area contributed by atoms with Gasteiger partial charge in [0.05, 0.1) is 17.1 Å². The van der Waals surface area contributed by atoms with Gasteiger partial charge < -0.3 is 9.88 Å². The van der Waals surface area contributed by atoms with Crippen molar-refractivity contribution < 1.29 is 0 Å². The van der Waals surface area contributed by atoms with Crippen molar-refractivity contribution in [3.63, 3.8) is 0 Å². The van der Waals surface area contributed by atoms with Gasteiger partial charge in [0, 0.05) is 24.7 Å². The lowest BCUT2D eigenvalue weighted by Gasteiger charge is -2.12. The van der Waals surface area contributed by atoms with Crippen molar-refractivity contribution in [3.05, 3.63) is 40.9 Å². The number of hydrogen-bond acceptors (Lipinski definition) is 2. The zero-order valence-electron chi connectivity index (χ0n) is 10.3. The summed E-state index contributed by atoms with van der Waals surface area (Å²) in [7, 11) is 1.90. The molecule has 1 heterocycles. The molecule has 0 saturated carbocycles. The van der Waals surface area contributed by atoms with Crippen molar-refractivity contribution in [2.75, 3.05) is 12.4 Å². The highest BCUT2D eigenvalue weighted by atomic mass is 35.5. The van der Waals surface area contributed by atoms with Gasteiger partial charge in [0.2, 0.25) is 0 Å². The number of benzene rings is 1. The molecule has 0 atom stereocenters. The summed E-state index contributed by atoms with van der Waals surface area (Å²) < 4.78 is 2.09. The third kappa shape index (κ3) is 2.29. The molecule has 17 heavy (non-hydrogen) atoms. The largest absolute Gasteiger partial charge is 0.386 e. The summed E-state index contributed by atoms with van der Waals surface area (Å²) in [4.78, 5) is 4.50. The number of aromatic nitrogens is 2. The fourth-order valence-electron chi connectivity index (χ4n) is 1.92. The van der Waals surface area contributed by atoms with Crippen molar-refractivity contribution in [1.82, 2.24) is 9.55 Å². The van der Waals surface area contributed by atoms with Crippen molar-refractivity contribution >= 4 is 17.3 Å². The molecule has 0 saturated heterocycles. The van der Waals surface area contributed by atoms with Crippen LogP contribution in [0.4, 0.5) is 5.69 Å². The predicted molar refractivity (Wildman–Crippen MR) is 72.2 cm³/mol. The number of halogens is 1. The van der Waals surface area contributed by atoms with Gasteiger partial charge in [0.1, 0.15) is 5.82 Å². The molecule has 0 unspecified atom stereocenters. The third-order valence-electron chi connectivity index (χ3n) is 2.70. The maximum atomic E-state index is 6.06. The summed E-state index contributed by atoms with van der Waals surface area (Å²) >= 11 is 6.06. The van der Waals surface area contributed by atoms with E-state index in [1.54, 1.807) is 0 Å². The molecule has 0 bridgehead atoms. The first kappa shape index (κ1) is 12.0. The van der Waals surface area contributed by atoms with Gasteiger partial charge in [-0.1, -0.05) is 18.5 Å². The molecule has 2 aromatic rings. The van der Waals surface area contributed by atoms with Crippen molar-refractivity contribution in [1.29, 1.82) is 0 Å². The Hall–Kier alpha value is -1.48. The van der Waals surface area contributed by atoms with E-state index in [1.165, 1.54) is 0 Å². The Morgan fingerprint density at radius 3 is 2.82 bits per heavy atom. The lowest BCUT2D eigenvalue weighted by molar-refractivity contribution is 0.891. The van der Waals surface area contributed by atoms with Gasteiger partial charge in [0.15, 0.2) is 0 Å². The van der Waals surface area contributed by atoms with Crippen LogP contribution in [0.5, 0.6) is 0 Å². The predicted octanol–water partition coefficient (Wildman–Crippen LogP) is 3.44. The third-order valence-corrected chi connectivity index (χ3v) is 2.94. The standard InChI is InChI=1S/C13H16ClN3/c1-4-13-16-9(2)8-17(13)12-7-10(14)5-6-11(12)15-3/h5-8,15H,4H2,1-3H3. The minimum Gasteiger partial charge on any atom is -0.386 e. The van der Waals surface area contributed by atoms with Gasteiger partial charge in [0.25, 0.3) is 0 Å². The molecule has 1 aromatic heterocycles. The monoisotopic (exact) mass is 249 g/mol. The first-order valence-corrected chi connectivity index (χ1v) is 6.06. The Morgan fingerprint density at radius 1 is 1.41 bits per heavy atom. The van der Waals surface area contributed by atoms with Crippen LogP contribution in [0.15, 0.2) is 24.4 Å². The SMILES string of the molecule is CCc1nc(C)cn1-c1cc(Cl)ccc1NC. The number of imidazole rings is 1. The van der Waals surface area contributed by atoms with Crippen LogP contribution in [0.25, 0.3) is 5.69 Å². The summed E-state index contributed by atoms with van der Waals surface area (Å²) in [5.41, 5.74) is 3.10. The van der Waals surface area contributed by atoms with Crippen molar-refractivity contribution in [2.24, 2.45) is 0 Å². The fourth-order valence-corrected chi connectivity index (χ4v) is 2.09. The van der Waals surface area contributed by atoms with Crippen LogP contribution in [0.3, 0.4) is 0 Å². The molecule has 0 spiro atoms. The summed E-state index contributed by atoms with van der Waals surface area (Å²) in [6.45, 7) is 4.10. The molecule has 3 nitrogen and oxygen atoms in total. The van der Waals surface area contributed by atoms with Gasteiger partial charge in [-0.05, 0) is 25.1 Å². The van der Waals surface area contributed by atoms with Crippen LogP contribution in [-0.4, -0.2) is 16.6 Å². The van der Waals surface area contributed by atoms with Crippen LogP contribution in [-0.2, 0) is 6.42 Å². The molecule has 90 valence electrons. The van der Waals surface area contributed by atoms with E-state index in [4.69, 9.17) is 11.6 Å². The molecule has 4 heteroatoms. The van der Waals surface area contributed by atoms with Gasteiger partial charge in [-0.3, -0.25) is 0 Å². The lowest BCUT2D eigenvalue weighted by Crippen LogP contribution is -2.03. The van der Waals surface area contributed by atoms with E-state index in [0.717, 1.165) is 34.3 Å². The van der Waals surface area contributed by atoms with Crippen molar-refractivity contribution in [2.45, 2.75) is 20.3 Å². The second-order valence-electron chi connectivity index (χ2n) is 3.93. The highest BCUT2D eigenvalue weighted by molar-refractivity contribution is 6.30. The second-order valence-corrected chi connectivity index (χ2v) is 4.37. The number of hydrogen-bond donors (Lipinski definition) is 1. The first-order valence-electron chi connectivity index (χ1n) is 5.68. The number of anilines is 1. The maximum absolute atomic E-state index is 6.06. The van der Waals surface area contributed by atoms with E-state index in [-0.39, 0.29) is 0 Å². The lowest BCUT2D eigenvalue weighted by atomic mass is 10.2. The van der Waals surface area contributed by atoms with Crippen LogP contribution >= 0.6 is 11.6 Å².